The van der Waals surface area contributed by atoms with E-state index in [2.05, 4.69) is 37.9 Å². The normalized spacial score (nSPS) is 25.4. The lowest BCUT2D eigenvalue weighted by molar-refractivity contribution is 0.0242. The Balaban J connectivity index is 2.12. The number of hydrogen-bond acceptors (Lipinski definition) is 2. The van der Waals surface area contributed by atoms with Crippen LogP contribution in [0, 0.1) is 6.92 Å². The highest BCUT2D eigenvalue weighted by Gasteiger charge is 2.59. The zero-order chi connectivity index (χ0) is 16.6. The molecule has 1 fully saturated rings. The van der Waals surface area contributed by atoms with Crippen LogP contribution in [0.3, 0.4) is 0 Å². The molecule has 2 aliphatic rings. The molecule has 0 bridgehead atoms. The van der Waals surface area contributed by atoms with E-state index in [1.165, 1.54) is 33.3 Å². The SMILES string of the molecule is CCc1ccc2c3c(c(C)[nH]c13)CCN1C(=O)OC(C)(C)C21C. The van der Waals surface area contributed by atoms with E-state index in [1.54, 1.807) is 0 Å². The first kappa shape index (κ1) is 14.6. The summed E-state index contributed by atoms with van der Waals surface area (Å²) < 4.78 is 5.74. The summed E-state index contributed by atoms with van der Waals surface area (Å²) >= 11 is 0. The molecular formula is C19H24N2O2. The molecule has 2 aromatic rings. The number of fused-ring (bicyclic) bond motifs is 2. The van der Waals surface area contributed by atoms with Crippen molar-refractivity contribution in [3.8, 4) is 0 Å². The molecule has 0 saturated carbocycles. The first-order chi connectivity index (χ1) is 10.8. The number of cyclic esters (lactones) is 1. The Labute approximate surface area is 136 Å². The maximum absolute atomic E-state index is 12.5. The van der Waals surface area contributed by atoms with E-state index < -0.39 is 11.1 Å². The molecule has 0 spiro atoms. The third kappa shape index (κ3) is 1.59. The number of aromatic amines is 1. The Bertz CT molecular complexity index is 833. The molecule has 1 amide bonds. The van der Waals surface area contributed by atoms with Crippen molar-refractivity contribution in [2.45, 2.75) is 58.6 Å². The fourth-order valence-corrected chi connectivity index (χ4v) is 4.45. The van der Waals surface area contributed by atoms with Gasteiger partial charge in [0, 0.05) is 23.1 Å². The maximum Gasteiger partial charge on any atom is 0.411 e. The van der Waals surface area contributed by atoms with Gasteiger partial charge in [-0.15, -0.1) is 0 Å². The number of hydrogen-bond donors (Lipinski definition) is 1. The summed E-state index contributed by atoms with van der Waals surface area (Å²) in [6.07, 6.45) is 1.67. The van der Waals surface area contributed by atoms with Gasteiger partial charge in [-0.3, -0.25) is 4.90 Å². The van der Waals surface area contributed by atoms with Crippen LogP contribution in [0.2, 0.25) is 0 Å². The molecule has 23 heavy (non-hydrogen) atoms. The van der Waals surface area contributed by atoms with Crippen LogP contribution in [-0.4, -0.2) is 28.1 Å². The first-order valence-electron chi connectivity index (χ1n) is 8.45. The van der Waals surface area contributed by atoms with E-state index in [0.29, 0.717) is 6.54 Å². The minimum atomic E-state index is -0.558. The molecule has 4 nitrogen and oxygen atoms in total. The van der Waals surface area contributed by atoms with Crippen molar-refractivity contribution in [1.82, 2.24) is 9.88 Å². The van der Waals surface area contributed by atoms with Crippen molar-refractivity contribution >= 4 is 17.0 Å². The summed E-state index contributed by atoms with van der Waals surface area (Å²) in [7, 11) is 0. The Morgan fingerprint density at radius 2 is 2.04 bits per heavy atom. The number of carbonyl (C=O) groups is 1. The number of aromatic nitrogens is 1. The van der Waals surface area contributed by atoms with Crippen molar-refractivity contribution in [3.05, 3.63) is 34.5 Å². The van der Waals surface area contributed by atoms with E-state index in [-0.39, 0.29) is 6.09 Å². The second-order valence-electron chi connectivity index (χ2n) is 7.46. The monoisotopic (exact) mass is 312 g/mol. The van der Waals surface area contributed by atoms with Crippen LogP contribution in [-0.2, 0) is 23.1 Å². The number of nitrogens with one attached hydrogen (secondary N) is 1. The van der Waals surface area contributed by atoms with Crippen LogP contribution in [0.1, 0.15) is 50.1 Å². The standard InChI is InChI=1S/C19H24N2O2/c1-6-12-7-8-14-15-13(11(2)20-16(12)15)9-10-21-17(22)23-18(3,4)19(14,21)5/h7-8,20H,6,9-10H2,1-5H3. The van der Waals surface area contributed by atoms with E-state index >= 15 is 0 Å². The molecule has 4 rings (SSSR count). The third-order valence-corrected chi connectivity index (χ3v) is 6.12. The number of rotatable bonds is 1. The van der Waals surface area contributed by atoms with Crippen LogP contribution in [0.25, 0.3) is 10.9 Å². The van der Waals surface area contributed by atoms with E-state index in [0.717, 1.165) is 12.8 Å². The van der Waals surface area contributed by atoms with Gasteiger partial charge >= 0.3 is 6.09 Å². The predicted molar refractivity (Wildman–Crippen MR) is 90.7 cm³/mol. The van der Waals surface area contributed by atoms with E-state index in [9.17, 15) is 4.79 Å². The summed E-state index contributed by atoms with van der Waals surface area (Å²) in [5, 5.41) is 1.30. The smallest absolute Gasteiger partial charge is 0.411 e. The summed E-state index contributed by atoms with van der Waals surface area (Å²) in [6.45, 7) is 11.2. The van der Waals surface area contributed by atoms with Crippen LogP contribution in [0.4, 0.5) is 4.79 Å². The minimum absolute atomic E-state index is 0.197. The lowest BCUT2D eigenvalue weighted by Gasteiger charge is -2.40. The Hall–Kier alpha value is -1.97. The van der Waals surface area contributed by atoms with Gasteiger partial charge in [0.2, 0.25) is 0 Å². The van der Waals surface area contributed by atoms with Crippen molar-refractivity contribution in [1.29, 1.82) is 0 Å². The van der Waals surface area contributed by atoms with Gasteiger partial charge in [0.15, 0.2) is 0 Å². The van der Waals surface area contributed by atoms with Gasteiger partial charge in [-0.25, -0.2) is 4.79 Å². The molecule has 3 heterocycles. The van der Waals surface area contributed by atoms with E-state index in [1.807, 2.05) is 18.7 Å². The van der Waals surface area contributed by atoms with Crippen LogP contribution in [0.5, 0.6) is 0 Å². The van der Waals surface area contributed by atoms with Gasteiger partial charge in [0.1, 0.15) is 11.1 Å². The Kier molecular flexibility index (Phi) is 2.74. The van der Waals surface area contributed by atoms with Crippen molar-refractivity contribution in [3.63, 3.8) is 0 Å². The number of amides is 1. The van der Waals surface area contributed by atoms with Gasteiger partial charge in [-0.05, 0) is 57.2 Å². The van der Waals surface area contributed by atoms with Gasteiger partial charge in [-0.2, -0.15) is 0 Å². The number of carbonyl (C=O) groups excluding carboxylic acids is 1. The Morgan fingerprint density at radius 3 is 2.74 bits per heavy atom. The minimum Gasteiger partial charge on any atom is -0.440 e. The van der Waals surface area contributed by atoms with Crippen molar-refractivity contribution in [2.75, 3.05) is 6.54 Å². The number of ether oxygens (including phenoxy) is 1. The summed E-state index contributed by atoms with van der Waals surface area (Å²) in [5.74, 6) is 0. The fourth-order valence-electron chi connectivity index (χ4n) is 4.45. The quantitative estimate of drug-likeness (QED) is 0.863. The maximum atomic E-state index is 12.5. The summed E-state index contributed by atoms with van der Waals surface area (Å²) in [6, 6.07) is 4.41. The first-order valence-corrected chi connectivity index (χ1v) is 8.45. The zero-order valence-electron chi connectivity index (χ0n) is 14.5. The average molecular weight is 312 g/mol. The third-order valence-electron chi connectivity index (χ3n) is 6.12. The molecule has 1 N–H and O–H groups in total. The molecule has 0 radical (unpaired) electrons. The molecule has 1 atom stereocenters. The summed E-state index contributed by atoms with van der Waals surface area (Å²) in [5.41, 5.74) is 5.33. The van der Waals surface area contributed by atoms with Gasteiger partial charge in [0.05, 0.1) is 0 Å². The molecule has 1 saturated heterocycles. The second kappa shape index (κ2) is 4.31. The predicted octanol–water partition coefficient (Wildman–Crippen LogP) is 4.04. The molecule has 4 heteroatoms. The molecule has 1 unspecified atom stereocenters. The molecule has 1 aromatic heterocycles. The highest BCUT2D eigenvalue weighted by molar-refractivity contribution is 5.93. The van der Waals surface area contributed by atoms with Crippen LogP contribution < -0.4 is 0 Å². The largest absolute Gasteiger partial charge is 0.440 e. The summed E-state index contributed by atoms with van der Waals surface area (Å²) in [4.78, 5) is 18.0. The second-order valence-corrected chi connectivity index (χ2v) is 7.46. The van der Waals surface area contributed by atoms with Gasteiger partial charge < -0.3 is 9.72 Å². The highest BCUT2D eigenvalue weighted by atomic mass is 16.6. The van der Waals surface area contributed by atoms with Crippen LogP contribution >= 0.6 is 0 Å². The number of aryl methyl sites for hydroxylation is 2. The number of H-pyrrole nitrogens is 1. The lowest BCUT2D eigenvalue weighted by atomic mass is 9.76. The van der Waals surface area contributed by atoms with Crippen LogP contribution in [0.15, 0.2) is 12.1 Å². The highest BCUT2D eigenvalue weighted by Crippen LogP contribution is 2.51. The van der Waals surface area contributed by atoms with E-state index in [4.69, 9.17) is 4.74 Å². The zero-order valence-corrected chi connectivity index (χ0v) is 14.5. The number of benzene rings is 1. The topological polar surface area (TPSA) is 45.3 Å². The van der Waals surface area contributed by atoms with Gasteiger partial charge in [-0.1, -0.05) is 19.1 Å². The Morgan fingerprint density at radius 1 is 1.30 bits per heavy atom. The molecule has 2 aliphatic heterocycles. The fraction of sp³-hybridized carbons (Fsp3) is 0.526. The van der Waals surface area contributed by atoms with Crippen molar-refractivity contribution < 1.29 is 9.53 Å². The van der Waals surface area contributed by atoms with Crippen molar-refractivity contribution in [2.24, 2.45) is 0 Å². The van der Waals surface area contributed by atoms with Gasteiger partial charge in [0.25, 0.3) is 0 Å². The molecular weight excluding hydrogens is 288 g/mol. The number of nitrogens with zero attached hydrogens (tertiary/aromatic N) is 1. The molecule has 0 aliphatic carbocycles. The molecule has 122 valence electrons. The molecule has 1 aromatic carbocycles. The lowest BCUT2D eigenvalue weighted by Crippen LogP contribution is -2.50. The average Bonchev–Trinajstić information content (AvgIpc) is 2.82.